The van der Waals surface area contributed by atoms with Crippen molar-refractivity contribution < 1.29 is 8.81 Å². The van der Waals surface area contributed by atoms with E-state index in [0.717, 1.165) is 31.2 Å². The van der Waals surface area contributed by atoms with Gasteiger partial charge in [0.05, 0.1) is 6.04 Å². The van der Waals surface area contributed by atoms with Crippen molar-refractivity contribution in [2.75, 3.05) is 19.6 Å². The first-order chi connectivity index (χ1) is 10.7. The summed E-state index contributed by atoms with van der Waals surface area (Å²) in [5.41, 5.74) is 0.707. The molecule has 4 heteroatoms. The Hall–Kier alpha value is -1.65. The van der Waals surface area contributed by atoms with Crippen molar-refractivity contribution in [3.8, 4) is 0 Å². The summed E-state index contributed by atoms with van der Waals surface area (Å²) >= 11 is 0. The van der Waals surface area contributed by atoms with E-state index in [1.54, 1.807) is 6.07 Å². The van der Waals surface area contributed by atoms with E-state index in [1.807, 2.05) is 25.1 Å². The van der Waals surface area contributed by atoms with Gasteiger partial charge in [-0.3, -0.25) is 4.90 Å². The smallest absolute Gasteiger partial charge is 0.127 e. The Morgan fingerprint density at radius 2 is 1.95 bits per heavy atom. The van der Waals surface area contributed by atoms with Crippen LogP contribution in [0.25, 0.3) is 0 Å². The minimum atomic E-state index is -0.151. The van der Waals surface area contributed by atoms with Gasteiger partial charge in [-0.25, -0.2) is 4.39 Å². The predicted octanol–water partition coefficient (Wildman–Crippen LogP) is 3.65. The average molecular weight is 302 g/mol. The lowest BCUT2D eigenvalue weighted by atomic mass is 10.1. The van der Waals surface area contributed by atoms with Gasteiger partial charge in [0.15, 0.2) is 0 Å². The molecule has 3 nitrogen and oxygen atoms in total. The van der Waals surface area contributed by atoms with Gasteiger partial charge in [0.25, 0.3) is 0 Å². The van der Waals surface area contributed by atoms with Crippen molar-refractivity contribution in [1.29, 1.82) is 0 Å². The van der Waals surface area contributed by atoms with E-state index in [-0.39, 0.29) is 11.9 Å². The van der Waals surface area contributed by atoms with E-state index in [1.165, 1.54) is 18.9 Å². The van der Waals surface area contributed by atoms with Crippen LogP contribution in [0.5, 0.6) is 0 Å². The zero-order valence-electron chi connectivity index (χ0n) is 13.0. The van der Waals surface area contributed by atoms with Crippen LogP contribution in [0.3, 0.4) is 0 Å². The van der Waals surface area contributed by atoms with E-state index in [4.69, 9.17) is 4.42 Å². The quantitative estimate of drug-likeness (QED) is 0.883. The molecule has 1 N–H and O–H groups in total. The van der Waals surface area contributed by atoms with Gasteiger partial charge >= 0.3 is 0 Å². The first-order valence-corrected chi connectivity index (χ1v) is 7.98. The van der Waals surface area contributed by atoms with Gasteiger partial charge in [-0.2, -0.15) is 0 Å². The Bertz CT molecular complexity index is 605. The highest BCUT2D eigenvalue weighted by atomic mass is 19.1. The number of hydrogen-bond donors (Lipinski definition) is 1. The minimum absolute atomic E-state index is 0.151. The topological polar surface area (TPSA) is 28.4 Å². The van der Waals surface area contributed by atoms with Gasteiger partial charge in [0, 0.05) is 18.7 Å². The Balaban J connectivity index is 1.64. The van der Waals surface area contributed by atoms with Crippen LogP contribution in [0.4, 0.5) is 4.39 Å². The first kappa shape index (κ1) is 15.3. The van der Waals surface area contributed by atoms with Crippen LogP contribution >= 0.6 is 0 Å². The van der Waals surface area contributed by atoms with E-state index in [0.29, 0.717) is 12.1 Å². The fraction of sp³-hybridized carbons (Fsp3) is 0.444. The second kappa shape index (κ2) is 7.07. The summed E-state index contributed by atoms with van der Waals surface area (Å²) < 4.78 is 19.5. The van der Waals surface area contributed by atoms with Gasteiger partial charge < -0.3 is 9.73 Å². The number of halogens is 1. The van der Waals surface area contributed by atoms with Crippen molar-refractivity contribution in [2.45, 2.75) is 32.4 Å². The molecule has 2 aromatic rings. The summed E-state index contributed by atoms with van der Waals surface area (Å²) in [4.78, 5) is 2.45. The number of furan rings is 1. The van der Waals surface area contributed by atoms with Crippen LogP contribution in [0, 0.1) is 12.7 Å². The largest absolute Gasteiger partial charge is 0.465 e. The molecular formula is C18H23FN2O. The molecule has 2 heterocycles. The second-order valence-electron chi connectivity index (χ2n) is 5.93. The molecular weight excluding hydrogens is 279 g/mol. The van der Waals surface area contributed by atoms with Crippen LogP contribution in [-0.4, -0.2) is 24.5 Å². The molecule has 1 aromatic heterocycles. The van der Waals surface area contributed by atoms with E-state index in [9.17, 15) is 4.39 Å². The van der Waals surface area contributed by atoms with Gasteiger partial charge in [-0.15, -0.1) is 0 Å². The maximum atomic E-state index is 13.7. The highest BCUT2D eigenvalue weighted by Crippen LogP contribution is 2.26. The third kappa shape index (κ3) is 3.57. The molecule has 0 saturated carbocycles. The number of aryl methyl sites for hydroxylation is 1. The van der Waals surface area contributed by atoms with E-state index < -0.39 is 0 Å². The zero-order valence-corrected chi connectivity index (χ0v) is 13.0. The van der Waals surface area contributed by atoms with Gasteiger partial charge in [0.1, 0.15) is 17.3 Å². The third-order valence-corrected chi connectivity index (χ3v) is 4.28. The lowest BCUT2D eigenvalue weighted by molar-refractivity contribution is 0.207. The highest BCUT2D eigenvalue weighted by molar-refractivity contribution is 5.17. The zero-order chi connectivity index (χ0) is 15.4. The lowest BCUT2D eigenvalue weighted by Gasteiger charge is -2.26. The maximum absolute atomic E-state index is 13.7. The fourth-order valence-corrected chi connectivity index (χ4v) is 3.08. The summed E-state index contributed by atoms with van der Waals surface area (Å²) in [7, 11) is 0. The molecule has 3 rings (SSSR count). The predicted molar refractivity (Wildman–Crippen MR) is 85.1 cm³/mol. The number of benzene rings is 1. The van der Waals surface area contributed by atoms with E-state index in [2.05, 4.69) is 16.3 Å². The molecule has 0 aliphatic carbocycles. The van der Waals surface area contributed by atoms with Gasteiger partial charge in [0.2, 0.25) is 0 Å². The third-order valence-electron chi connectivity index (χ3n) is 4.28. The summed E-state index contributed by atoms with van der Waals surface area (Å²) in [5.74, 6) is 1.79. The Labute approximate surface area is 131 Å². The molecule has 0 bridgehead atoms. The molecule has 0 amide bonds. The fourth-order valence-electron chi connectivity index (χ4n) is 3.08. The van der Waals surface area contributed by atoms with Crippen molar-refractivity contribution >= 4 is 0 Å². The molecule has 1 unspecified atom stereocenters. The summed E-state index contributed by atoms with van der Waals surface area (Å²) in [6, 6.07) is 11.2. The number of hydrogen-bond acceptors (Lipinski definition) is 3. The number of nitrogens with zero attached hydrogens (tertiary/aromatic N) is 1. The minimum Gasteiger partial charge on any atom is -0.465 e. The molecule has 118 valence electrons. The Morgan fingerprint density at radius 3 is 2.64 bits per heavy atom. The molecule has 1 aromatic carbocycles. The van der Waals surface area contributed by atoms with E-state index >= 15 is 0 Å². The van der Waals surface area contributed by atoms with Crippen molar-refractivity contribution in [1.82, 2.24) is 10.2 Å². The van der Waals surface area contributed by atoms with Crippen molar-refractivity contribution in [2.24, 2.45) is 0 Å². The number of likely N-dealkylation sites (tertiary alicyclic amines) is 1. The van der Waals surface area contributed by atoms with Crippen molar-refractivity contribution in [3.63, 3.8) is 0 Å². The van der Waals surface area contributed by atoms with Crippen molar-refractivity contribution in [3.05, 3.63) is 59.3 Å². The summed E-state index contributed by atoms with van der Waals surface area (Å²) in [5, 5.41) is 3.39. The molecule has 22 heavy (non-hydrogen) atoms. The molecule has 0 radical (unpaired) electrons. The monoisotopic (exact) mass is 302 g/mol. The summed E-state index contributed by atoms with van der Waals surface area (Å²) in [6.45, 7) is 5.48. The molecule has 1 atom stereocenters. The van der Waals surface area contributed by atoms with Crippen LogP contribution in [0.2, 0.25) is 0 Å². The molecule has 0 spiro atoms. The van der Waals surface area contributed by atoms with Crippen LogP contribution < -0.4 is 5.32 Å². The molecule has 1 aliphatic rings. The SMILES string of the molecule is Cc1ccc(C(CNCc2ccccc2F)N2CCCC2)o1. The maximum Gasteiger partial charge on any atom is 0.127 e. The Kier molecular flexibility index (Phi) is 4.90. The molecule has 1 aliphatic heterocycles. The van der Waals surface area contributed by atoms with Gasteiger partial charge in [-0.05, 0) is 51.1 Å². The van der Waals surface area contributed by atoms with Gasteiger partial charge in [-0.1, -0.05) is 18.2 Å². The average Bonchev–Trinajstić information content (AvgIpc) is 3.17. The number of nitrogens with one attached hydrogen (secondary N) is 1. The normalized spacial score (nSPS) is 17.0. The summed E-state index contributed by atoms with van der Waals surface area (Å²) in [6.07, 6.45) is 2.48. The van der Waals surface area contributed by atoms with Crippen LogP contribution in [0.1, 0.15) is 36.0 Å². The lowest BCUT2D eigenvalue weighted by Crippen LogP contribution is -2.33. The standard InChI is InChI=1S/C18H23FN2O/c1-14-8-9-18(22-14)17(21-10-4-5-11-21)13-20-12-15-6-2-3-7-16(15)19/h2-3,6-9,17,20H,4-5,10-13H2,1H3. The molecule has 1 fully saturated rings. The Morgan fingerprint density at radius 1 is 1.18 bits per heavy atom. The van der Waals surface area contributed by atoms with Crippen LogP contribution in [-0.2, 0) is 6.54 Å². The van der Waals surface area contributed by atoms with Crippen LogP contribution in [0.15, 0.2) is 40.8 Å². The highest BCUT2D eigenvalue weighted by Gasteiger charge is 2.25. The first-order valence-electron chi connectivity index (χ1n) is 7.98. The molecule has 1 saturated heterocycles. The second-order valence-corrected chi connectivity index (χ2v) is 5.93. The number of rotatable bonds is 6.